The van der Waals surface area contributed by atoms with Crippen LogP contribution < -0.4 is 15.1 Å². The fourth-order valence-corrected chi connectivity index (χ4v) is 2.35. The Balaban J connectivity index is 1.64. The van der Waals surface area contributed by atoms with Gasteiger partial charge in [-0.25, -0.2) is 9.97 Å². The first-order chi connectivity index (χ1) is 10.7. The summed E-state index contributed by atoms with van der Waals surface area (Å²) < 4.78 is 0. The van der Waals surface area contributed by atoms with Crippen LogP contribution in [0.15, 0.2) is 24.7 Å². The molecule has 1 aliphatic heterocycles. The van der Waals surface area contributed by atoms with E-state index in [2.05, 4.69) is 54.1 Å². The van der Waals surface area contributed by atoms with Gasteiger partial charge in [-0.05, 0) is 19.9 Å². The average Bonchev–Trinajstić information content (AvgIpc) is 2.55. The Morgan fingerprint density at radius 1 is 1.00 bits per heavy atom. The molecule has 8 heteroatoms. The van der Waals surface area contributed by atoms with Crippen molar-refractivity contribution < 1.29 is 0 Å². The van der Waals surface area contributed by atoms with Crippen LogP contribution in [0.3, 0.4) is 0 Å². The maximum Gasteiger partial charge on any atom is 0.247 e. The van der Waals surface area contributed by atoms with Crippen LogP contribution in [0, 0.1) is 0 Å². The van der Waals surface area contributed by atoms with Crippen LogP contribution in [0.5, 0.6) is 0 Å². The Morgan fingerprint density at radius 3 is 2.27 bits per heavy atom. The number of nitrogens with zero attached hydrogens (tertiary/aromatic N) is 7. The number of piperazine rings is 1. The quantitative estimate of drug-likeness (QED) is 0.888. The van der Waals surface area contributed by atoms with Gasteiger partial charge in [0.1, 0.15) is 0 Å². The van der Waals surface area contributed by atoms with Gasteiger partial charge in [0.2, 0.25) is 11.9 Å². The van der Waals surface area contributed by atoms with Crippen LogP contribution in [0.4, 0.5) is 17.7 Å². The van der Waals surface area contributed by atoms with Crippen LogP contribution in [-0.2, 0) is 0 Å². The molecule has 0 atom stereocenters. The number of rotatable bonds is 4. The SMILES string of the molecule is CC(C)Nc1cnnc(N2CCN(c3ncccn3)CC2)n1. The lowest BCUT2D eigenvalue weighted by atomic mass is 10.3. The molecule has 0 amide bonds. The standard InChI is InChI=1S/C14H20N8/c1-11(2)18-12-10-17-20-14(19-12)22-8-6-21(7-9-22)13-15-4-3-5-16-13/h3-5,10-11H,6-9H2,1-2H3,(H,18,19,20). The lowest BCUT2D eigenvalue weighted by Gasteiger charge is -2.34. The number of aromatic nitrogens is 5. The zero-order chi connectivity index (χ0) is 15.4. The summed E-state index contributed by atoms with van der Waals surface area (Å²) in [7, 11) is 0. The first-order valence-corrected chi connectivity index (χ1v) is 7.45. The summed E-state index contributed by atoms with van der Waals surface area (Å²) in [5.74, 6) is 2.20. The maximum absolute atomic E-state index is 4.53. The van der Waals surface area contributed by atoms with Gasteiger partial charge in [-0.15, -0.1) is 5.10 Å². The smallest absolute Gasteiger partial charge is 0.247 e. The highest BCUT2D eigenvalue weighted by atomic mass is 15.4. The van der Waals surface area contributed by atoms with Crippen molar-refractivity contribution in [3.8, 4) is 0 Å². The average molecular weight is 300 g/mol. The molecule has 116 valence electrons. The monoisotopic (exact) mass is 300 g/mol. The van der Waals surface area contributed by atoms with Gasteiger partial charge in [0, 0.05) is 44.6 Å². The van der Waals surface area contributed by atoms with E-state index in [1.54, 1.807) is 18.6 Å². The Kier molecular flexibility index (Phi) is 4.27. The molecule has 8 nitrogen and oxygen atoms in total. The Labute approximate surface area is 129 Å². The van der Waals surface area contributed by atoms with Crippen molar-refractivity contribution in [3.63, 3.8) is 0 Å². The largest absolute Gasteiger partial charge is 0.366 e. The minimum atomic E-state index is 0.316. The molecule has 2 aromatic rings. The molecule has 0 aliphatic carbocycles. The molecule has 0 aromatic carbocycles. The van der Waals surface area contributed by atoms with Gasteiger partial charge in [-0.2, -0.15) is 10.1 Å². The van der Waals surface area contributed by atoms with Gasteiger partial charge >= 0.3 is 0 Å². The molecule has 0 saturated carbocycles. The van der Waals surface area contributed by atoms with E-state index in [0.717, 1.165) is 37.9 Å². The molecule has 1 saturated heterocycles. The Bertz CT molecular complexity index is 595. The molecule has 0 radical (unpaired) electrons. The van der Waals surface area contributed by atoms with E-state index in [9.17, 15) is 0 Å². The van der Waals surface area contributed by atoms with E-state index in [0.29, 0.717) is 12.0 Å². The molecule has 2 aromatic heterocycles. The van der Waals surface area contributed by atoms with Crippen LogP contribution in [0.1, 0.15) is 13.8 Å². The first kappa shape index (κ1) is 14.4. The van der Waals surface area contributed by atoms with Gasteiger partial charge in [0.25, 0.3) is 0 Å². The molecule has 0 bridgehead atoms. The second-order valence-corrected chi connectivity index (χ2v) is 5.46. The maximum atomic E-state index is 4.53. The molecule has 22 heavy (non-hydrogen) atoms. The van der Waals surface area contributed by atoms with Crippen molar-refractivity contribution in [2.24, 2.45) is 0 Å². The van der Waals surface area contributed by atoms with Crippen LogP contribution in [0.2, 0.25) is 0 Å². The van der Waals surface area contributed by atoms with Crippen molar-refractivity contribution in [1.82, 2.24) is 25.1 Å². The molecule has 3 rings (SSSR count). The third kappa shape index (κ3) is 3.38. The zero-order valence-corrected chi connectivity index (χ0v) is 12.8. The number of hydrogen-bond acceptors (Lipinski definition) is 8. The van der Waals surface area contributed by atoms with Gasteiger partial charge in [0.05, 0.1) is 6.20 Å². The van der Waals surface area contributed by atoms with Crippen molar-refractivity contribution in [2.45, 2.75) is 19.9 Å². The highest BCUT2D eigenvalue weighted by molar-refractivity contribution is 5.41. The lowest BCUT2D eigenvalue weighted by molar-refractivity contribution is 0.623. The first-order valence-electron chi connectivity index (χ1n) is 7.45. The minimum Gasteiger partial charge on any atom is -0.366 e. The van der Waals surface area contributed by atoms with Crippen molar-refractivity contribution in [1.29, 1.82) is 0 Å². The Morgan fingerprint density at radius 2 is 1.64 bits per heavy atom. The van der Waals surface area contributed by atoms with Crippen LogP contribution >= 0.6 is 0 Å². The third-order valence-corrected chi connectivity index (χ3v) is 3.38. The highest BCUT2D eigenvalue weighted by Crippen LogP contribution is 2.15. The second kappa shape index (κ2) is 6.50. The fourth-order valence-electron chi connectivity index (χ4n) is 2.35. The predicted molar refractivity (Wildman–Crippen MR) is 85.0 cm³/mol. The summed E-state index contributed by atoms with van der Waals surface area (Å²) in [6.45, 7) is 7.47. The van der Waals surface area contributed by atoms with E-state index in [1.807, 2.05) is 6.07 Å². The zero-order valence-electron chi connectivity index (χ0n) is 12.8. The molecule has 0 unspecified atom stereocenters. The van der Waals surface area contributed by atoms with Crippen molar-refractivity contribution in [2.75, 3.05) is 41.3 Å². The van der Waals surface area contributed by atoms with Gasteiger partial charge in [-0.3, -0.25) is 0 Å². The fraction of sp³-hybridized carbons (Fsp3) is 0.500. The summed E-state index contributed by atoms with van der Waals surface area (Å²) in [4.78, 5) is 17.4. The molecule has 3 heterocycles. The number of anilines is 3. The lowest BCUT2D eigenvalue weighted by Crippen LogP contribution is -2.47. The predicted octanol–water partition coefficient (Wildman–Crippen LogP) is 0.808. The molecule has 1 aliphatic rings. The number of hydrogen-bond donors (Lipinski definition) is 1. The Hall–Kier alpha value is -2.51. The van der Waals surface area contributed by atoms with Crippen molar-refractivity contribution >= 4 is 17.7 Å². The van der Waals surface area contributed by atoms with E-state index < -0.39 is 0 Å². The number of nitrogens with one attached hydrogen (secondary N) is 1. The van der Waals surface area contributed by atoms with E-state index in [-0.39, 0.29) is 0 Å². The molecular weight excluding hydrogens is 280 g/mol. The minimum absolute atomic E-state index is 0.316. The summed E-state index contributed by atoms with van der Waals surface area (Å²) >= 11 is 0. The van der Waals surface area contributed by atoms with Crippen LogP contribution in [-0.4, -0.2) is 57.4 Å². The van der Waals surface area contributed by atoms with E-state index in [4.69, 9.17) is 0 Å². The van der Waals surface area contributed by atoms with E-state index >= 15 is 0 Å². The normalized spacial score (nSPS) is 15.2. The van der Waals surface area contributed by atoms with Gasteiger partial charge < -0.3 is 15.1 Å². The second-order valence-electron chi connectivity index (χ2n) is 5.46. The summed E-state index contributed by atoms with van der Waals surface area (Å²) in [6.07, 6.45) is 5.18. The van der Waals surface area contributed by atoms with Crippen molar-refractivity contribution in [3.05, 3.63) is 24.7 Å². The molecule has 1 fully saturated rings. The van der Waals surface area contributed by atoms with Gasteiger partial charge in [0.15, 0.2) is 5.82 Å². The highest BCUT2D eigenvalue weighted by Gasteiger charge is 2.21. The van der Waals surface area contributed by atoms with Crippen LogP contribution in [0.25, 0.3) is 0 Å². The third-order valence-electron chi connectivity index (χ3n) is 3.38. The van der Waals surface area contributed by atoms with E-state index in [1.165, 1.54) is 0 Å². The molecule has 1 N–H and O–H groups in total. The summed E-state index contributed by atoms with van der Waals surface area (Å²) in [6, 6.07) is 2.14. The summed E-state index contributed by atoms with van der Waals surface area (Å²) in [5.41, 5.74) is 0. The topological polar surface area (TPSA) is 83.0 Å². The summed E-state index contributed by atoms with van der Waals surface area (Å²) in [5, 5.41) is 11.4. The molecular formula is C14H20N8. The van der Waals surface area contributed by atoms with Gasteiger partial charge in [-0.1, -0.05) is 0 Å². The molecule has 0 spiro atoms.